The normalized spacial score (nSPS) is 14.7. The molecule has 13 heteroatoms. The maximum Gasteiger partial charge on any atom is 0.154 e. The van der Waals surface area contributed by atoms with Crippen LogP contribution in [-0.4, -0.2) is 5.11 Å². The number of fused-ring (bicyclic) bond motifs is 3. The number of phenolic OH excluding ortho intramolecular Hbond substituents is 1. The van der Waals surface area contributed by atoms with Crippen LogP contribution in [0.1, 0.15) is 22.6 Å². The summed E-state index contributed by atoms with van der Waals surface area (Å²) >= 11 is 77.0. The van der Waals surface area contributed by atoms with Gasteiger partial charge in [-0.05, 0) is 11.1 Å². The molecule has 0 amide bonds. The summed E-state index contributed by atoms with van der Waals surface area (Å²) < 4.78 is 0. The second-order valence-corrected chi connectivity index (χ2v) is 11.1. The van der Waals surface area contributed by atoms with Gasteiger partial charge in [0.05, 0.1) is 55.2 Å². The molecule has 0 spiro atoms. The van der Waals surface area contributed by atoms with Crippen molar-refractivity contribution in [1.29, 1.82) is 0 Å². The summed E-state index contributed by atoms with van der Waals surface area (Å²) in [6.07, 6.45) is 0. The third-order valence-electron chi connectivity index (χ3n) is 5.00. The highest BCUT2D eigenvalue weighted by molar-refractivity contribution is 6.56. The summed E-state index contributed by atoms with van der Waals surface area (Å²) in [6.45, 7) is 0. The summed E-state index contributed by atoms with van der Waals surface area (Å²) in [4.78, 5) is 0. The van der Waals surface area contributed by atoms with Crippen LogP contribution in [-0.2, 0) is 0 Å². The molecule has 4 rings (SSSR count). The Balaban J connectivity index is 2.31. The summed E-state index contributed by atoms with van der Waals surface area (Å²) in [5, 5.41) is 9.81. The zero-order chi connectivity index (χ0) is 24.0. The van der Waals surface area contributed by atoms with Crippen LogP contribution in [0.3, 0.4) is 0 Å². The van der Waals surface area contributed by atoms with E-state index in [0.29, 0.717) is 5.56 Å². The van der Waals surface area contributed by atoms with Gasteiger partial charge in [0.1, 0.15) is 5.02 Å². The van der Waals surface area contributed by atoms with E-state index in [1.165, 1.54) is 0 Å². The van der Waals surface area contributed by atoms with Gasteiger partial charge in [0, 0.05) is 22.6 Å². The molecule has 0 heterocycles. The molecule has 0 fully saturated rings. The van der Waals surface area contributed by atoms with Crippen LogP contribution in [0.4, 0.5) is 0 Å². The van der Waals surface area contributed by atoms with Crippen LogP contribution >= 0.6 is 139 Å². The zero-order valence-electron chi connectivity index (χ0n) is 14.6. The minimum absolute atomic E-state index is 0.0120. The molecule has 1 aliphatic carbocycles. The first-order valence-corrected chi connectivity index (χ1v) is 12.6. The number of hydrogen-bond donors (Lipinski definition) is 1. The molecule has 168 valence electrons. The Hall–Kier alpha value is 0.940. The Morgan fingerprint density at radius 1 is 0.344 bits per heavy atom. The van der Waals surface area contributed by atoms with E-state index in [2.05, 4.69) is 0 Å². The minimum atomic E-state index is -0.949. The van der Waals surface area contributed by atoms with Crippen molar-refractivity contribution in [3.05, 3.63) is 77.0 Å². The van der Waals surface area contributed by atoms with Crippen LogP contribution in [0.25, 0.3) is 11.1 Å². The van der Waals surface area contributed by atoms with Gasteiger partial charge in [-0.3, -0.25) is 0 Å². The number of rotatable bonds is 1. The van der Waals surface area contributed by atoms with Crippen molar-refractivity contribution in [2.75, 3.05) is 0 Å². The number of phenols is 1. The van der Waals surface area contributed by atoms with E-state index in [1.807, 2.05) is 0 Å². The zero-order valence-corrected chi connectivity index (χ0v) is 23.6. The van der Waals surface area contributed by atoms with E-state index < -0.39 is 11.7 Å². The van der Waals surface area contributed by atoms with E-state index in [1.54, 1.807) is 0 Å². The fraction of sp³-hybridized carbons (Fsp3) is 0.0526. The lowest BCUT2D eigenvalue weighted by Crippen LogP contribution is -2.05. The Morgan fingerprint density at radius 3 is 1.12 bits per heavy atom. The molecule has 0 radical (unpaired) electrons. The van der Waals surface area contributed by atoms with Crippen molar-refractivity contribution in [1.82, 2.24) is 0 Å². The van der Waals surface area contributed by atoms with E-state index in [0.717, 1.165) is 0 Å². The molecule has 1 N–H and O–H groups in total. The second kappa shape index (κ2) is 9.11. The first-order chi connectivity index (χ1) is 14.8. The van der Waals surface area contributed by atoms with Crippen molar-refractivity contribution < 1.29 is 5.11 Å². The lowest BCUT2D eigenvalue weighted by molar-refractivity contribution is 0.476. The van der Waals surface area contributed by atoms with Gasteiger partial charge in [-0.25, -0.2) is 0 Å². The second-order valence-electron chi connectivity index (χ2n) is 6.54. The molecule has 3 aromatic carbocycles. The summed E-state index contributed by atoms with van der Waals surface area (Å²) in [7, 11) is 0. The third-order valence-corrected chi connectivity index (χ3v) is 10.3. The molecule has 1 aliphatic rings. The van der Waals surface area contributed by atoms with E-state index in [4.69, 9.17) is 139 Å². The summed E-state index contributed by atoms with van der Waals surface area (Å²) in [6, 6.07) is 0. The van der Waals surface area contributed by atoms with Gasteiger partial charge < -0.3 is 5.11 Å². The van der Waals surface area contributed by atoms with Gasteiger partial charge in [0.25, 0.3) is 0 Å². The quantitative estimate of drug-likeness (QED) is 0.158. The van der Waals surface area contributed by atoms with Crippen molar-refractivity contribution in [2.24, 2.45) is 0 Å². The molecule has 0 saturated heterocycles. The molecule has 0 bridgehead atoms. The van der Waals surface area contributed by atoms with Crippen LogP contribution < -0.4 is 0 Å². The predicted molar refractivity (Wildman–Crippen MR) is 141 cm³/mol. The molecule has 1 atom stereocenters. The first kappa shape index (κ1) is 26.0. The van der Waals surface area contributed by atoms with Crippen LogP contribution in [0, 0.1) is 0 Å². The average molecular weight is 672 g/mol. The fourth-order valence-electron chi connectivity index (χ4n) is 3.65. The van der Waals surface area contributed by atoms with Crippen LogP contribution in [0.2, 0.25) is 60.3 Å². The molecular formula is C19H2Cl12O. The summed E-state index contributed by atoms with van der Waals surface area (Å²) in [5.41, 5.74) is 1.28. The molecule has 1 nitrogen and oxygen atoms in total. The number of hydrogen-bond acceptors (Lipinski definition) is 1. The topological polar surface area (TPSA) is 20.2 Å². The molecule has 1 unspecified atom stereocenters. The SMILES string of the molecule is Oc1c(Cl)c(Cl)c2c(c1Cl)-c1c(Cl)c(Cl)c(Cl)c(Cl)c1C2c1c(Cl)c(Cl)c(Cl)c(Cl)c1Cl. The van der Waals surface area contributed by atoms with Crippen molar-refractivity contribution in [3.8, 4) is 16.9 Å². The van der Waals surface area contributed by atoms with Crippen molar-refractivity contribution >= 4 is 139 Å². The molecular weight excluding hydrogens is 670 g/mol. The van der Waals surface area contributed by atoms with Gasteiger partial charge in [-0.2, -0.15) is 0 Å². The monoisotopic (exact) mass is 666 g/mol. The number of benzene rings is 3. The largest absolute Gasteiger partial charge is 0.505 e. The van der Waals surface area contributed by atoms with E-state index in [-0.39, 0.29) is 82.5 Å². The average Bonchev–Trinajstić information content (AvgIpc) is 3.12. The lowest BCUT2D eigenvalue weighted by atomic mass is 9.89. The summed E-state index contributed by atoms with van der Waals surface area (Å²) in [5.74, 6) is -1.42. The van der Waals surface area contributed by atoms with Crippen LogP contribution in [0.5, 0.6) is 5.75 Å². The Bertz CT molecular complexity index is 1270. The number of aromatic hydroxyl groups is 1. The van der Waals surface area contributed by atoms with Crippen LogP contribution in [0.15, 0.2) is 0 Å². The lowest BCUT2D eigenvalue weighted by Gasteiger charge is -2.22. The van der Waals surface area contributed by atoms with E-state index in [9.17, 15) is 5.11 Å². The van der Waals surface area contributed by atoms with Gasteiger partial charge >= 0.3 is 0 Å². The fourth-order valence-corrected chi connectivity index (χ4v) is 6.92. The standard InChI is InChI=1S/C19H2Cl12O/c20-7-2-1(6-10(23)15(28)17(30)16(29)11(6)24)3-5(4(2)8(21)14(27)13(7)26)12(25)19(32)18(31)9(3)22/h1,32H. The predicted octanol–water partition coefficient (Wildman–Crippen LogP) is 12.4. The highest BCUT2D eigenvalue weighted by Crippen LogP contribution is 2.65. The van der Waals surface area contributed by atoms with Gasteiger partial charge in [0.2, 0.25) is 0 Å². The van der Waals surface area contributed by atoms with Gasteiger partial charge in [-0.1, -0.05) is 139 Å². The Labute approximate surface area is 241 Å². The van der Waals surface area contributed by atoms with Gasteiger partial charge in [0.15, 0.2) is 5.75 Å². The maximum absolute atomic E-state index is 10.5. The van der Waals surface area contributed by atoms with Crippen molar-refractivity contribution in [3.63, 3.8) is 0 Å². The minimum Gasteiger partial charge on any atom is -0.505 e. The number of halogens is 12. The molecule has 0 saturated carbocycles. The van der Waals surface area contributed by atoms with Crippen molar-refractivity contribution in [2.45, 2.75) is 5.92 Å². The molecule has 32 heavy (non-hydrogen) atoms. The highest BCUT2D eigenvalue weighted by Gasteiger charge is 2.43. The molecule has 0 aromatic heterocycles. The Morgan fingerprint density at radius 2 is 0.656 bits per heavy atom. The van der Waals surface area contributed by atoms with Gasteiger partial charge in [-0.15, -0.1) is 0 Å². The first-order valence-electron chi connectivity index (χ1n) is 8.11. The molecule has 0 aliphatic heterocycles. The smallest absolute Gasteiger partial charge is 0.154 e. The van der Waals surface area contributed by atoms with E-state index >= 15 is 0 Å². The Kier molecular flexibility index (Phi) is 7.40. The highest BCUT2D eigenvalue weighted by atomic mass is 35.5. The molecule has 3 aromatic rings. The maximum atomic E-state index is 10.5. The third kappa shape index (κ3) is 3.51.